The highest BCUT2D eigenvalue weighted by Gasteiger charge is 2.24. The molecule has 116 valence electrons. The fourth-order valence-electron chi connectivity index (χ4n) is 2.74. The molecule has 1 aromatic rings. The molecule has 5 nitrogen and oxygen atoms in total. The van der Waals surface area contributed by atoms with Gasteiger partial charge in [-0.15, -0.1) is 0 Å². The molecular formula is C16H24N2O3. The van der Waals surface area contributed by atoms with Crippen LogP contribution in [0.15, 0.2) is 24.3 Å². The van der Waals surface area contributed by atoms with Crippen LogP contribution in [0.1, 0.15) is 18.9 Å². The lowest BCUT2D eigenvalue weighted by Gasteiger charge is -2.38. The second kappa shape index (κ2) is 7.43. The lowest BCUT2D eigenvalue weighted by molar-refractivity contribution is -0.132. The highest BCUT2D eigenvalue weighted by atomic mass is 16.3. The summed E-state index contributed by atoms with van der Waals surface area (Å²) in [7, 11) is 0. The summed E-state index contributed by atoms with van der Waals surface area (Å²) in [5.41, 5.74) is 0.919. The SMILES string of the molecule is CCC(CO)N1CCN(C(=O)Cc2ccc(O)cc2)CC1. The van der Waals surface area contributed by atoms with Crippen LogP contribution in [0.2, 0.25) is 0 Å². The van der Waals surface area contributed by atoms with Gasteiger partial charge in [0.15, 0.2) is 0 Å². The van der Waals surface area contributed by atoms with E-state index >= 15 is 0 Å². The van der Waals surface area contributed by atoms with E-state index < -0.39 is 0 Å². The number of phenolic OH excluding ortho intramolecular Hbond substituents is 1. The average Bonchev–Trinajstić information content (AvgIpc) is 2.51. The van der Waals surface area contributed by atoms with Gasteiger partial charge in [-0.25, -0.2) is 0 Å². The van der Waals surface area contributed by atoms with Gasteiger partial charge < -0.3 is 15.1 Å². The van der Waals surface area contributed by atoms with Crippen molar-refractivity contribution in [2.75, 3.05) is 32.8 Å². The number of aromatic hydroxyl groups is 1. The lowest BCUT2D eigenvalue weighted by Crippen LogP contribution is -2.53. The van der Waals surface area contributed by atoms with E-state index in [1.54, 1.807) is 24.3 Å². The summed E-state index contributed by atoms with van der Waals surface area (Å²) >= 11 is 0. The summed E-state index contributed by atoms with van der Waals surface area (Å²) in [6, 6.07) is 6.98. The molecule has 1 saturated heterocycles. The maximum atomic E-state index is 12.3. The third-order valence-electron chi connectivity index (χ3n) is 4.16. The van der Waals surface area contributed by atoms with Crippen molar-refractivity contribution in [2.45, 2.75) is 25.8 Å². The topological polar surface area (TPSA) is 64.0 Å². The number of hydrogen-bond donors (Lipinski definition) is 2. The molecule has 1 aliphatic heterocycles. The van der Waals surface area contributed by atoms with Gasteiger partial charge in [0, 0.05) is 32.2 Å². The van der Waals surface area contributed by atoms with Crippen molar-refractivity contribution in [1.82, 2.24) is 9.80 Å². The van der Waals surface area contributed by atoms with Crippen LogP contribution in [0.5, 0.6) is 5.75 Å². The van der Waals surface area contributed by atoms with Gasteiger partial charge >= 0.3 is 0 Å². The number of aliphatic hydroxyl groups excluding tert-OH is 1. The quantitative estimate of drug-likeness (QED) is 0.844. The van der Waals surface area contributed by atoms with E-state index in [1.807, 2.05) is 4.90 Å². The van der Waals surface area contributed by atoms with Gasteiger partial charge in [0.1, 0.15) is 5.75 Å². The molecule has 0 aromatic heterocycles. The first-order valence-electron chi connectivity index (χ1n) is 7.54. The van der Waals surface area contributed by atoms with Crippen molar-refractivity contribution in [2.24, 2.45) is 0 Å². The van der Waals surface area contributed by atoms with Crippen LogP contribution in [-0.4, -0.2) is 64.7 Å². The molecule has 21 heavy (non-hydrogen) atoms. The molecule has 1 amide bonds. The van der Waals surface area contributed by atoms with Crippen LogP contribution < -0.4 is 0 Å². The Labute approximate surface area is 125 Å². The molecular weight excluding hydrogens is 268 g/mol. The van der Waals surface area contributed by atoms with Crippen molar-refractivity contribution in [3.8, 4) is 5.75 Å². The number of benzene rings is 1. The normalized spacial score (nSPS) is 17.7. The number of hydrogen-bond acceptors (Lipinski definition) is 4. The summed E-state index contributed by atoms with van der Waals surface area (Å²) in [5.74, 6) is 0.340. The number of amides is 1. The lowest BCUT2D eigenvalue weighted by atomic mass is 10.1. The fraction of sp³-hybridized carbons (Fsp3) is 0.562. The van der Waals surface area contributed by atoms with E-state index in [4.69, 9.17) is 0 Å². The van der Waals surface area contributed by atoms with Crippen LogP contribution in [0, 0.1) is 0 Å². The van der Waals surface area contributed by atoms with E-state index in [0.29, 0.717) is 19.5 Å². The van der Waals surface area contributed by atoms with Gasteiger partial charge in [0.2, 0.25) is 5.91 Å². The number of rotatable bonds is 5. The Kier molecular flexibility index (Phi) is 5.59. The van der Waals surface area contributed by atoms with Crippen LogP contribution in [0.25, 0.3) is 0 Å². The molecule has 0 aliphatic carbocycles. The number of piperazine rings is 1. The van der Waals surface area contributed by atoms with Gasteiger partial charge in [-0.3, -0.25) is 9.69 Å². The Balaban J connectivity index is 1.84. The Morgan fingerprint density at radius 3 is 2.33 bits per heavy atom. The molecule has 1 heterocycles. The first kappa shape index (κ1) is 15.8. The van der Waals surface area contributed by atoms with Crippen molar-refractivity contribution in [1.29, 1.82) is 0 Å². The monoisotopic (exact) mass is 292 g/mol. The molecule has 1 unspecified atom stereocenters. The van der Waals surface area contributed by atoms with Gasteiger partial charge in [-0.2, -0.15) is 0 Å². The first-order valence-corrected chi connectivity index (χ1v) is 7.54. The Morgan fingerprint density at radius 1 is 1.19 bits per heavy atom. The Morgan fingerprint density at radius 2 is 1.81 bits per heavy atom. The molecule has 1 aromatic carbocycles. The summed E-state index contributed by atoms with van der Waals surface area (Å²) in [6.07, 6.45) is 1.30. The van der Waals surface area contributed by atoms with Crippen LogP contribution in [-0.2, 0) is 11.2 Å². The van der Waals surface area contributed by atoms with Crippen molar-refractivity contribution in [3.63, 3.8) is 0 Å². The van der Waals surface area contributed by atoms with Gasteiger partial charge in [-0.1, -0.05) is 19.1 Å². The van der Waals surface area contributed by atoms with Gasteiger partial charge in [0.05, 0.1) is 13.0 Å². The van der Waals surface area contributed by atoms with Gasteiger partial charge in [-0.05, 0) is 24.1 Å². The zero-order chi connectivity index (χ0) is 15.2. The molecule has 2 N–H and O–H groups in total. The fourth-order valence-corrected chi connectivity index (χ4v) is 2.74. The van der Waals surface area contributed by atoms with Crippen LogP contribution in [0.3, 0.4) is 0 Å². The minimum Gasteiger partial charge on any atom is -0.508 e. The number of carbonyl (C=O) groups is 1. The number of aliphatic hydroxyl groups is 1. The molecule has 0 bridgehead atoms. The molecule has 2 rings (SSSR count). The second-order valence-electron chi connectivity index (χ2n) is 5.50. The smallest absolute Gasteiger partial charge is 0.227 e. The Hall–Kier alpha value is -1.59. The first-order chi connectivity index (χ1) is 10.1. The Bertz CT molecular complexity index is 449. The third-order valence-corrected chi connectivity index (χ3v) is 4.16. The van der Waals surface area contributed by atoms with E-state index in [-0.39, 0.29) is 24.3 Å². The summed E-state index contributed by atoms with van der Waals surface area (Å²) in [4.78, 5) is 16.4. The number of carbonyl (C=O) groups excluding carboxylic acids is 1. The molecule has 1 aliphatic rings. The molecule has 0 radical (unpaired) electrons. The minimum absolute atomic E-state index is 0.123. The summed E-state index contributed by atoms with van der Waals surface area (Å²) in [6.45, 7) is 5.32. The maximum absolute atomic E-state index is 12.3. The molecule has 1 fully saturated rings. The largest absolute Gasteiger partial charge is 0.508 e. The maximum Gasteiger partial charge on any atom is 0.227 e. The minimum atomic E-state index is 0.123. The van der Waals surface area contributed by atoms with Crippen LogP contribution in [0.4, 0.5) is 0 Å². The average molecular weight is 292 g/mol. The van der Waals surface area contributed by atoms with Gasteiger partial charge in [0.25, 0.3) is 0 Å². The van der Waals surface area contributed by atoms with E-state index in [1.165, 1.54) is 0 Å². The predicted molar refractivity (Wildman–Crippen MR) is 81.1 cm³/mol. The van der Waals surface area contributed by atoms with Crippen molar-refractivity contribution < 1.29 is 15.0 Å². The second-order valence-corrected chi connectivity index (χ2v) is 5.50. The van der Waals surface area contributed by atoms with E-state index in [0.717, 1.165) is 25.1 Å². The number of phenols is 1. The standard InChI is InChI=1S/C16H24N2O3/c1-2-14(12-19)17-7-9-18(10-8-17)16(21)11-13-3-5-15(20)6-4-13/h3-6,14,19-20H,2,7-12H2,1H3. The molecule has 1 atom stereocenters. The van der Waals surface area contributed by atoms with Crippen LogP contribution >= 0.6 is 0 Å². The summed E-state index contributed by atoms with van der Waals surface area (Å²) < 4.78 is 0. The third kappa shape index (κ3) is 4.19. The van der Waals surface area contributed by atoms with Crippen molar-refractivity contribution in [3.05, 3.63) is 29.8 Å². The molecule has 5 heteroatoms. The zero-order valence-corrected chi connectivity index (χ0v) is 12.5. The zero-order valence-electron chi connectivity index (χ0n) is 12.5. The van der Waals surface area contributed by atoms with Crippen molar-refractivity contribution >= 4 is 5.91 Å². The molecule has 0 spiro atoms. The van der Waals surface area contributed by atoms with E-state index in [9.17, 15) is 15.0 Å². The summed E-state index contributed by atoms with van der Waals surface area (Å²) in [5, 5.41) is 18.6. The number of nitrogens with zero attached hydrogens (tertiary/aromatic N) is 2. The molecule has 0 saturated carbocycles. The predicted octanol–water partition coefficient (Wildman–Crippen LogP) is 0.850. The van der Waals surface area contributed by atoms with E-state index in [2.05, 4.69) is 11.8 Å². The highest BCUT2D eigenvalue weighted by Crippen LogP contribution is 2.13. The highest BCUT2D eigenvalue weighted by molar-refractivity contribution is 5.78.